The fraction of sp³-hybridized carbons (Fsp3) is 0.250. The van der Waals surface area contributed by atoms with E-state index in [1.165, 1.54) is 4.68 Å². The average Bonchev–Trinajstić information content (AvgIpc) is 2.60. The fourth-order valence-corrected chi connectivity index (χ4v) is 0.855. The van der Waals surface area contributed by atoms with Gasteiger partial charge in [-0.15, -0.1) is 0 Å². The Labute approximate surface area is 85.7 Å². The summed E-state index contributed by atoms with van der Waals surface area (Å²) >= 11 is 0. The molecule has 0 spiro atoms. The molecule has 0 aromatic carbocycles. The van der Waals surface area contributed by atoms with Gasteiger partial charge < -0.3 is 10.6 Å². The third-order valence-corrected chi connectivity index (χ3v) is 1.49. The summed E-state index contributed by atoms with van der Waals surface area (Å²) in [6.07, 6.45) is 1.63. The maximum atomic E-state index is 11.1. The van der Waals surface area contributed by atoms with Gasteiger partial charge in [-0.05, 0) is 0 Å². The number of aryl methyl sites for hydroxylation is 1. The minimum absolute atomic E-state index is 0.200. The summed E-state index contributed by atoms with van der Waals surface area (Å²) in [6, 6.07) is 3.24. The number of hydrogen-bond acceptors (Lipinski definition) is 4. The monoisotopic (exact) mass is 207 g/mol. The molecule has 1 heterocycles. The molecular weight excluding hydrogens is 198 g/mol. The van der Waals surface area contributed by atoms with Crippen molar-refractivity contribution < 1.29 is 9.59 Å². The Balaban J connectivity index is 2.49. The van der Waals surface area contributed by atoms with Crippen LogP contribution in [0, 0.1) is 11.3 Å². The molecule has 0 saturated heterocycles. The van der Waals surface area contributed by atoms with Crippen LogP contribution in [0.2, 0.25) is 0 Å². The molecule has 1 rings (SSSR count). The molecule has 15 heavy (non-hydrogen) atoms. The highest BCUT2D eigenvalue weighted by Gasteiger charge is 2.13. The summed E-state index contributed by atoms with van der Waals surface area (Å²) in [7, 11) is 1.69. The molecular formula is C8H9N5O2. The van der Waals surface area contributed by atoms with Crippen LogP contribution in [-0.2, 0) is 16.6 Å². The molecule has 0 bridgehead atoms. The summed E-state index contributed by atoms with van der Waals surface area (Å²) in [4.78, 5) is 22.1. The Morgan fingerprint density at radius 1 is 1.60 bits per heavy atom. The van der Waals surface area contributed by atoms with E-state index < -0.39 is 11.8 Å². The summed E-state index contributed by atoms with van der Waals surface area (Å²) in [5.74, 6) is -1.42. The number of nitrogens with one attached hydrogen (secondary N) is 2. The predicted molar refractivity (Wildman–Crippen MR) is 50.5 cm³/mol. The van der Waals surface area contributed by atoms with E-state index in [-0.39, 0.29) is 12.4 Å². The lowest BCUT2D eigenvalue weighted by Gasteiger charge is -2.00. The Hall–Kier alpha value is -2.36. The number of carbonyl (C=O) groups is 2. The second kappa shape index (κ2) is 4.76. The van der Waals surface area contributed by atoms with E-state index in [0.717, 1.165) is 0 Å². The van der Waals surface area contributed by atoms with Crippen LogP contribution in [0.15, 0.2) is 12.3 Å². The SMILES string of the molecule is Cn1ccc(NC(=O)C(=O)NCC#N)n1. The minimum Gasteiger partial charge on any atom is -0.335 e. The maximum Gasteiger partial charge on any atom is 0.314 e. The van der Waals surface area contributed by atoms with Crippen molar-refractivity contribution in [2.75, 3.05) is 11.9 Å². The number of nitriles is 1. The molecule has 7 nitrogen and oxygen atoms in total. The van der Waals surface area contributed by atoms with Crippen molar-refractivity contribution in [1.29, 1.82) is 5.26 Å². The summed E-state index contributed by atoms with van der Waals surface area (Å²) in [5, 5.41) is 16.4. The van der Waals surface area contributed by atoms with Crippen LogP contribution in [0.5, 0.6) is 0 Å². The maximum absolute atomic E-state index is 11.1. The summed E-state index contributed by atoms with van der Waals surface area (Å²) < 4.78 is 1.49. The molecule has 0 aliphatic rings. The van der Waals surface area contributed by atoms with Crippen LogP contribution in [-0.4, -0.2) is 28.1 Å². The number of carbonyl (C=O) groups excluding carboxylic acids is 2. The highest BCUT2D eigenvalue weighted by atomic mass is 16.2. The molecule has 2 N–H and O–H groups in total. The predicted octanol–water partition coefficient (Wildman–Crippen LogP) is -1.00. The molecule has 0 saturated carbocycles. The van der Waals surface area contributed by atoms with Crippen molar-refractivity contribution in [2.45, 2.75) is 0 Å². The van der Waals surface area contributed by atoms with E-state index in [9.17, 15) is 9.59 Å². The Morgan fingerprint density at radius 2 is 2.33 bits per heavy atom. The first-order valence-corrected chi connectivity index (χ1v) is 4.09. The van der Waals surface area contributed by atoms with Crippen molar-refractivity contribution in [3.05, 3.63) is 12.3 Å². The number of hydrogen-bond donors (Lipinski definition) is 2. The number of anilines is 1. The van der Waals surface area contributed by atoms with Gasteiger partial charge in [-0.1, -0.05) is 0 Å². The number of aromatic nitrogens is 2. The number of rotatable bonds is 2. The van der Waals surface area contributed by atoms with Crippen LogP contribution in [0.25, 0.3) is 0 Å². The smallest absolute Gasteiger partial charge is 0.314 e. The van der Waals surface area contributed by atoms with Gasteiger partial charge in [0.1, 0.15) is 6.54 Å². The topological polar surface area (TPSA) is 99.8 Å². The molecule has 0 unspecified atom stereocenters. The molecule has 7 heteroatoms. The van der Waals surface area contributed by atoms with E-state index in [1.807, 2.05) is 0 Å². The lowest BCUT2D eigenvalue weighted by Crippen LogP contribution is -2.35. The first kappa shape index (κ1) is 10.7. The number of nitrogens with zero attached hydrogens (tertiary/aromatic N) is 3. The van der Waals surface area contributed by atoms with E-state index >= 15 is 0 Å². The average molecular weight is 207 g/mol. The Bertz CT molecular complexity index is 417. The van der Waals surface area contributed by atoms with Gasteiger partial charge in [-0.25, -0.2) is 0 Å². The van der Waals surface area contributed by atoms with Gasteiger partial charge in [0, 0.05) is 19.3 Å². The molecule has 1 aromatic heterocycles. The Morgan fingerprint density at radius 3 is 2.87 bits per heavy atom. The van der Waals surface area contributed by atoms with Crippen molar-refractivity contribution in [1.82, 2.24) is 15.1 Å². The molecule has 0 atom stereocenters. The molecule has 2 amide bonds. The minimum atomic E-state index is -0.859. The molecule has 1 aromatic rings. The zero-order valence-corrected chi connectivity index (χ0v) is 8.02. The third-order valence-electron chi connectivity index (χ3n) is 1.49. The van der Waals surface area contributed by atoms with Crippen molar-refractivity contribution in [2.24, 2.45) is 7.05 Å². The van der Waals surface area contributed by atoms with Gasteiger partial charge in [-0.3, -0.25) is 14.3 Å². The number of amides is 2. The fourth-order valence-electron chi connectivity index (χ4n) is 0.855. The van der Waals surface area contributed by atoms with Crippen LogP contribution in [0.4, 0.5) is 5.82 Å². The molecule has 0 radical (unpaired) electrons. The quantitative estimate of drug-likeness (QED) is 0.479. The lowest BCUT2D eigenvalue weighted by atomic mass is 10.5. The highest BCUT2D eigenvalue weighted by molar-refractivity contribution is 6.39. The van der Waals surface area contributed by atoms with Crippen LogP contribution in [0.1, 0.15) is 0 Å². The van der Waals surface area contributed by atoms with Crippen molar-refractivity contribution in [3.8, 4) is 6.07 Å². The van der Waals surface area contributed by atoms with Gasteiger partial charge in [0.05, 0.1) is 6.07 Å². The zero-order chi connectivity index (χ0) is 11.3. The summed E-state index contributed by atoms with van der Waals surface area (Å²) in [5.41, 5.74) is 0. The van der Waals surface area contributed by atoms with Gasteiger partial charge in [-0.2, -0.15) is 10.4 Å². The van der Waals surface area contributed by atoms with Crippen molar-refractivity contribution in [3.63, 3.8) is 0 Å². The lowest BCUT2D eigenvalue weighted by molar-refractivity contribution is -0.136. The third kappa shape index (κ3) is 3.11. The van der Waals surface area contributed by atoms with Gasteiger partial charge >= 0.3 is 11.8 Å². The second-order valence-electron chi connectivity index (χ2n) is 2.67. The van der Waals surface area contributed by atoms with Crippen LogP contribution in [0.3, 0.4) is 0 Å². The Kier molecular flexibility index (Phi) is 3.40. The molecule has 0 aliphatic carbocycles. The standard InChI is InChI=1S/C8H9N5O2/c1-13-5-2-6(12-13)11-8(15)7(14)10-4-3-9/h2,5H,4H2,1H3,(H,10,14)(H,11,12,15). The van der Waals surface area contributed by atoms with E-state index in [2.05, 4.69) is 15.7 Å². The first-order valence-electron chi connectivity index (χ1n) is 4.09. The highest BCUT2D eigenvalue weighted by Crippen LogP contribution is 1.99. The van der Waals surface area contributed by atoms with Gasteiger partial charge in [0.2, 0.25) is 0 Å². The zero-order valence-electron chi connectivity index (χ0n) is 8.02. The molecule has 78 valence electrons. The van der Waals surface area contributed by atoms with Gasteiger partial charge in [0.25, 0.3) is 0 Å². The van der Waals surface area contributed by atoms with Crippen LogP contribution >= 0.6 is 0 Å². The van der Waals surface area contributed by atoms with Crippen molar-refractivity contribution >= 4 is 17.6 Å². The molecule has 0 fully saturated rings. The second-order valence-corrected chi connectivity index (χ2v) is 2.67. The van der Waals surface area contributed by atoms with E-state index in [0.29, 0.717) is 0 Å². The first-order chi connectivity index (χ1) is 7.13. The van der Waals surface area contributed by atoms with E-state index in [4.69, 9.17) is 5.26 Å². The van der Waals surface area contributed by atoms with E-state index in [1.54, 1.807) is 25.4 Å². The largest absolute Gasteiger partial charge is 0.335 e. The van der Waals surface area contributed by atoms with Crippen LogP contribution < -0.4 is 10.6 Å². The molecule has 0 aliphatic heterocycles. The van der Waals surface area contributed by atoms with Gasteiger partial charge in [0.15, 0.2) is 5.82 Å². The normalized spacial score (nSPS) is 9.07. The summed E-state index contributed by atoms with van der Waals surface area (Å²) in [6.45, 7) is -0.200.